The van der Waals surface area contributed by atoms with Crippen LogP contribution in [0, 0.1) is 25.7 Å². The number of aryl methyl sites for hydroxylation is 2. The summed E-state index contributed by atoms with van der Waals surface area (Å²) in [6, 6.07) is 4.31. The molecule has 2 heteroatoms. The van der Waals surface area contributed by atoms with Gasteiger partial charge in [0.2, 0.25) is 5.91 Å². The Kier molecular flexibility index (Phi) is 3.47. The molecule has 2 unspecified atom stereocenters. The molecule has 0 saturated carbocycles. The molecule has 1 amide bonds. The number of hydrogen-bond acceptors (Lipinski definition) is 1. The predicted octanol–water partition coefficient (Wildman–Crippen LogP) is 4.02. The Balaban J connectivity index is 2.50. The third kappa shape index (κ3) is 2.05. The first-order chi connectivity index (χ1) is 8.45. The van der Waals surface area contributed by atoms with Crippen LogP contribution in [-0.2, 0) is 4.79 Å². The van der Waals surface area contributed by atoms with E-state index in [4.69, 9.17) is 0 Å². The van der Waals surface area contributed by atoms with E-state index in [1.165, 1.54) is 16.7 Å². The molecule has 0 saturated heterocycles. The Morgan fingerprint density at radius 2 is 1.94 bits per heavy atom. The van der Waals surface area contributed by atoms with Crippen molar-refractivity contribution in [2.45, 2.75) is 47.0 Å². The molecular formula is C16H23NO. The number of amides is 1. The van der Waals surface area contributed by atoms with Crippen molar-refractivity contribution in [1.29, 1.82) is 0 Å². The van der Waals surface area contributed by atoms with E-state index in [9.17, 15) is 4.79 Å². The normalized spacial score (nSPS) is 19.9. The molecule has 0 bridgehead atoms. The minimum atomic E-state index is 0.0311. The van der Waals surface area contributed by atoms with E-state index in [1.54, 1.807) is 0 Å². The zero-order valence-electron chi connectivity index (χ0n) is 12.0. The average Bonchev–Trinajstić information content (AvgIpc) is 2.58. The van der Waals surface area contributed by atoms with Crippen molar-refractivity contribution in [2.75, 3.05) is 5.32 Å². The van der Waals surface area contributed by atoms with Crippen molar-refractivity contribution < 1.29 is 4.79 Å². The number of fused-ring (bicyclic) bond motifs is 1. The molecule has 1 heterocycles. The molecule has 2 nitrogen and oxygen atoms in total. The first-order valence-corrected chi connectivity index (χ1v) is 6.87. The van der Waals surface area contributed by atoms with Crippen LogP contribution in [0.4, 0.5) is 5.69 Å². The van der Waals surface area contributed by atoms with E-state index in [0.29, 0.717) is 11.8 Å². The van der Waals surface area contributed by atoms with Crippen LogP contribution in [0.1, 0.15) is 49.8 Å². The van der Waals surface area contributed by atoms with Gasteiger partial charge in [-0.2, -0.15) is 0 Å². The van der Waals surface area contributed by atoms with Crippen LogP contribution in [-0.4, -0.2) is 5.91 Å². The fraction of sp³-hybridized carbons (Fsp3) is 0.562. The molecule has 98 valence electrons. The SMILES string of the molecule is CCC(C(C)C)C1C(=O)Nc2c(C)cc(C)cc21. The summed E-state index contributed by atoms with van der Waals surface area (Å²) in [6.45, 7) is 10.8. The van der Waals surface area contributed by atoms with Crippen molar-refractivity contribution in [3.63, 3.8) is 0 Å². The number of rotatable bonds is 3. The van der Waals surface area contributed by atoms with Crippen molar-refractivity contribution in [3.05, 3.63) is 28.8 Å². The second-order valence-electron chi connectivity index (χ2n) is 5.83. The van der Waals surface area contributed by atoms with Crippen LogP contribution in [0.3, 0.4) is 0 Å². The number of carbonyl (C=O) groups is 1. The van der Waals surface area contributed by atoms with Crippen LogP contribution in [0.2, 0.25) is 0 Å². The van der Waals surface area contributed by atoms with Gasteiger partial charge in [-0.25, -0.2) is 0 Å². The lowest BCUT2D eigenvalue weighted by Gasteiger charge is -2.25. The minimum Gasteiger partial charge on any atom is -0.325 e. The van der Waals surface area contributed by atoms with E-state index in [-0.39, 0.29) is 11.8 Å². The summed E-state index contributed by atoms with van der Waals surface area (Å²) >= 11 is 0. The monoisotopic (exact) mass is 245 g/mol. The topological polar surface area (TPSA) is 29.1 Å². The summed E-state index contributed by atoms with van der Waals surface area (Å²) in [6.07, 6.45) is 1.04. The fourth-order valence-corrected chi connectivity index (χ4v) is 3.28. The highest BCUT2D eigenvalue weighted by atomic mass is 16.2. The molecule has 1 aliphatic rings. The molecule has 0 spiro atoms. The first-order valence-electron chi connectivity index (χ1n) is 6.87. The van der Waals surface area contributed by atoms with Crippen LogP contribution in [0.25, 0.3) is 0 Å². The predicted molar refractivity (Wildman–Crippen MR) is 75.9 cm³/mol. The average molecular weight is 245 g/mol. The highest BCUT2D eigenvalue weighted by Gasteiger charge is 2.37. The van der Waals surface area contributed by atoms with E-state index >= 15 is 0 Å². The van der Waals surface area contributed by atoms with Gasteiger partial charge in [0.05, 0.1) is 5.92 Å². The molecule has 1 aromatic rings. The Morgan fingerprint density at radius 3 is 2.50 bits per heavy atom. The second kappa shape index (κ2) is 4.75. The van der Waals surface area contributed by atoms with Gasteiger partial charge in [-0.15, -0.1) is 0 Å². The van der Waals surface area contributed by atoms with E-state index in [2.05, 4.69) is 52.1 Å². The molecule has 1 N–H and O–H groups in total. The van der Waals surface area contributed by atoms with Gasteiger partial charge < -0.3 is 5.32 Å². The van der Waals surface area contributed by atoms with Crippen LogP contribution in [0.15, 0.2) is 12.1 Å². The van der Waals surface area contributed by atoms with Crippen molar-refractivity contribution in [1.82, 2.24) is 0 Å². The highest BCUT2D eigenvalue weighted by Crippen LogP contribution is 2.43. The van der Waals surface area contributed by atoms with E-state index in [0.717, 1.165) is 12.1 Å². The van der Waals surface area contributed by atoms with Gasteiger partial charge >= 0.3 is 0 Å². The molecule has 1 aliphatic heterocycles. The summed E-state index contributed by atoms with van der Waals surface area (Å²) in [7, 11) is 0. The largest absolute Gasteiger partial charge is 0.325 e. The van der Waals surface area contributed by atoms with E-state index < -0.39 is 0 Å². The van der Waals surface area contributed by atoms with Gasteiger partial charge in [0, 0.05) is 5.69 Å². The lowest BCUT2D eigenvalue weighted by molar-refractivity contribution is -0.118. The smallest absolute Gasteiger partial charge is 0.232 e. The zero-order valence-corrected chi connectivity index (χ0v) is 12.0. The Morgan fingerprint density at radius 1 is 1.28 bits per heavy atom. The zero-order chi connectivity index (χ0) is 13.4. The maximum atomic E-state index is 12.3. The van der Waals surface area contributed by atoms with Crippen LogP contribution in [0.5, 0.6) is 0 Å². The lowest BCUT2D eigenvalue weighted by atomic mass is 9.78. The van der Waals surface area contributed by atoms with Gasteiger partial charge in [-0.05, 0) is 36.8 Å². The van der Waals surface area contributed by atoms with Gasteiger partial charge in [-0.1, -0.05) is 44.9 Å². The number of carbonyl (C=O) groups excluding carboxylic acids is 1. The first kappa shape index (κ1) is 13.1. The molecule has 0 aromatic heterocycles. The van der Waals surface area contributed by atoms with Crippen LogP contribution >= 0.6 is 0 Å². The molecule has 1 aromatic carbocycles. The third-order valence-corrected chi connectivity index (χ3v) is 4.13. The van der Waals surface area contributed by atoms with Gasteiger partial charge in [0.1, 0.15) is 0 Å². The molecule has 0 radical (unpaired) electrons. The molecule has 0 aliphatic carbocycles. The van der Waals surface area contributed by atoms with Crippen LogP contribution < -0.4 is 5.32 Å². The molecule has 2 atom stereocenters. The number of nitrogens with one attached hydrogen (secondary N) is 1. The van der Waals surface area contributed by atoms with Gasteiger partial charge in [-0.3, -0.25) is 4.79 Å². The summed E-state index contributed by atoms with van der Waals surface area (Å²) < 4.78 is 0. The maximum absolute atomic E-state index is 12.3. The third-order valence-electron chi connectivity index (χ3n) is 4.13. The van der Waals surface area contributed by atoms with Gasteiger partial charge in [0.15, 0.2) is 0 Å². The number of benzene rings is 1. The second-order valence-corrected chi connectivity index (χ2v) is 5.83. The van der Waals surface area contributed by atoms with Crippen molar-refractivity contribution in [2.24, 2.45) is 11.8 Å². The van der Waals surface area contributed by atoms with Crippen molar-refractivity contribution in [3.8, 4) is 0 Å². The summed E-state index contributed by atoms with van der Waals surface area (Å²) in [5.74, 6) is 1.16. The Labute approximate surface area is 110 Å². The minimum absolute atomic E-state index is 0.0311. The van der Waals surface area contributed by atoms with E-state index in [1.807, 2.05) is 0 Å². The Hall–Kier alpha value is -1.31. The molecular weight excluding hydrogens is 222 g/mol. The fourth-order valence-electron chi connectivity index (χ4n) is 3.28. The van der Waals surface area contributed by atoms with Crippen molar-refractivity contribution >= 4 is 11.6 Å². The maximum Gasteiger partial charge on any atom is 0.232 e. The molecule has 2 rings (SSSR count). The quantitative estimate of drug-likeness (QED) is 0.856. The summed E-state index contributed by atoms with van der Waals surface area (Å²) in [5.41, 5.74) is 4.68. The number of anilines is 1. The molecule has 0 fully saturated rings. The summed E-state index contributed by atoms with van der Waals surface area (Å²) in [4.78, 5) is 12.3. The summed E-state index contributed by atoms with van der Waals surface area (Å²) in [5, 5.41) is 3.07. The highest BCUT2D eigenvalue weighted by molar-refractivity contribution is 6.04. The Bertz CT molecular complexity index is 476. The standard InChI is InChI=1S/C16H23NO/c1-6-12(9(2)3)14-13-8-10(4)7-11(5)15(13)17-16(14)18/h7-9,12,14H,6H2,1-5H3,(H,17,18). The molecule has 18 heavy (non-hydrogen) atoms. The lowest BCUT2D eigenvalue weighted by Crippen LogP contribution is -2.24. The van der Waals surface area contributed by atoms with Gasteiger partial charge in [0.25, 0.3) is 0 Å². The number of hydrogen-bond donors (Lipinski definition) is 1.